The second-order valence-corrected chi connectivity index (χ2v) is 8.58. The van der Waals surface area contributed by atoms with Gasteiger partial charge in [0.2, 0.25) is 0 Å². The van der Waals surface area contributed by atoms with Gasteiger partial charge in [-0.2, -0.15) is 0 Å². The molecular weight excluding hydrogens is 376 g/mol. The Hall–Kier alpha value is -2.12. The van der Waals surface area contributed by atoms with Crippen LogP contribution in [0.2, 0.25) is 0 Å². The molecule has 0 radical (unpaired) electrons. The summed E-state index contributed by atoms with van der Waals surface area (Å²) in [7, 11) is 0. The highest BCUT2D eigenvalue weighted by atomic mass is 19.3. The zero-order chi connectivity index (χ0) is 20.5. The molecule has 2 aromatic rings. The van der Waals surface area contributed by atoms with E-state index in [1.165, 1.54) is 6.07 Å². The quantitative estimate of drug-likeness (QED) is 0.802. The first-order valence-corrected chi connectivity index (χ1v) is 10.2. The maximum Gasteiger partial charge on any atom is 0.265 e. The molecule has 0 bridgehead atoms. The normalized spacial score (nSPS) is 23.6. The molecule has 2 fully saturated rings. The van der Waals surface area contributed by atoms with Crippen molar-refractivity contribution in [2.24, 2.45) is 11.8 Å². The number of β-amino-alcohol motifs (C(OH)–C–C–N with tert-alkyl or cyclic N) is 1. The van der Waals surface area contributed by atoms with Crippen molar-refractivity contribution >= 4 is 22.4 Å². The van der Waals surface area contributed by atoms with Crippen LogP contribution in [0.1, 0.15) is 31.8 Å². The van der Waals surface area contributed by atoms with E-state index in [-0.39, 0.29) is 23.4 Å². The summed E-state index contributed by atoms with van der Waals surface area (Å²) in [4.78, 5) is 20.9. The molecule has 0 amide bonds. The Labute approximate surface area is 169 Å². The number of aliphatic hydroxyl groups is 1. The van der Waals surface area contributed by atoms with Crippen molar-refractivity contribution in [3.63, 3.8) is 0 Å². The van der Waals surface area contributed by atoms with E-state index in [0.717, 1.165) is 30.6 Å². The predicted molar refractivity (Wildman–Crippen MR) is 108 cm³/mol. The number of alkyl halides is 2. The largest absolute Gasteiger partial charge is 0.390 e. The first-order valence-electron chi connectivity index (χ1n) is 10.2. The fraction of sp³-hybridized carbons (Fsp3) is 0.545. The van der Waals surface area contributed by atoms with Crippen LogP contribution < -0.4 is 4.90 Å². The number of Topliss-reactive ketones (excluding diaryl/α,β-unsaturated/α-hetero) is 1. The zero-order valence-electron chi connectivity index (χ0n) is 16.6. The molecule has 1 N–H and O–H groups in total. The summed E-state index contributed by atoms with van der Waals surface area (Å²) in [6, 6.07) is 6.86. The Kier molecular flexibility index (Phi) is 5.79. The lowest BCUT2D eigenvalue weighted by atomic mass is 9.86. The Bertz CT molecular complexity index is 885. The smallest absolute Gasteiger partial charge is 0.265 e. The van der Waals surface area contributed by atoms with Crippen molar-refractivity contribution in [2.45, 2.75) is 32.3 Å². The lowest BCUT2D eigenvalue weighted by Gasteiger charge is -2.39. The number of aromatic nitrogens is 1. The summed E-state index contributed by atoms with van der Waals surface area (Å²) in [6.07, 6.45) is 0.179. The van der Waals surface area contributed by atoms with E-state index in [1.807, 2.05) is 11.0 Å². The highest BCUT2D eigenvalue weighted by molar-refractivity contribution is 5.94. The lowest BCUT2D eigenvalue weighted by Crippen LogP contribution is -2.52. The highest BCUT2D eigenvalue weighted by Gasteiger charge is 2.30. The Morgan fingerprint density at radius 1 is 1.24 bits per heavy atom. The van der Waals surface area contributed by atoms with Gasteiger partial charge in [0.15, 0.2) is 0 Å². The predicted octanol–water partition coefficient (Wildman–Crippen LogP) is 3.27. The first-order chi connectivity index (χ1) is 13.9. The molecule has 2 aliphatic heterocycles. The second kappa shape index (κ2) is 8.32. The number of rotatable bonds is 6. The number of halogens is 2. The Morgan fingerprint density at radius 2 is 2.03 bits per heavy atom. The fourth-order valence-corrected chi connectivity index (χ4v) is 4.76. The fourth-order valence-electron chi connectivity index (χ4n) is 4.76. The average molecular weight is 403 g/mol. The molecule has 0 aliphatic carbocycles. The molecule has 29 heavy (non-hydrogen) atoms. The molecule has 2 atom stereocenters. The van der Waals surface area contributed by atoms with Crippen LogP contribution in [0.5, 0.6) is 0 Å². The van der Waals surface area contributed by atoms with Gasteiger partial charge in [-0.1, -0.05) is 6.92 Å². The van der Waals surface area contributed by atoms with E-state index in [2.05, 4.69) is 16.8 Å². The van der Waals surface area contributed by atoms with Gasteiger partial charge in [-0.15, -0.1) is 0 Å². The van der Waals surface area contributed by atoms with Crippen LogP contribution in [0.3, 0.4) is 0 Å². The van der Waals surface area contributed by atoms with Crippen molar-refractivity contribution in [1.82, 2.24) is 9.88 Å². The van der Waals surface area contributed by atoms with Gasteiger partial charge in [0.05, 0.1) is 18.2 Å². The summed E-state index contributed by atoms with van der Waals surface area (Å²) in [5, 5.41) is 10.1. The number of aliphatic hydroxyl groups excluding tert-OH is 1. The SMILES string of the molecule is C[C@H]1C[C@@H](CC(=O)CN2CC(O)C2)CN(c2ccc(C(F)F)c3ncccc23)C1. The number of fused-ring (bicyclic) bond motifs is 1. The molecule has 0 unspecified atom stereocenters. The van der Waals surface area contributed by atoms with Crippen LogP contribution in [0.4, 0.5) is 14.5 Å². The lowest BCUT2D eigenvalue weighted by molar-refractivity contribution is -0.123. The van der Waals surface area contributed by atoms with Crippen LogP contribution in [0.25, 0.3) is 10.9 Å². The van der Waals surface area contributed by atoms with E-state index in [4.69, 9.17) is 0 Å². The number of piperidine rings is 1. The van der Waals surface area contributed by atoms with Crippen molar-refractivity contribution < 1.29 is 18.7 Å². The van der Waals surface area contributed by atoms with E-state index >= 15 is 0 Å². The van der Waals surface area contributed by atoms with Gasteiger partial charge in [-0.05, 0) is 42.5 Å². The summed E-state index contributed by atoms with van der Waals surface area (Å²) in [5.41, 5.74) is 1.22. The maximum atomic E-state index is 13.4. The minimum absolute atomic E-state index is 0.0436. The third kappa shape index (κ3) is 4.41. The van der Waals surface area contributed by atoms with Crippen LogP contribution in [0.15, 0.2) is 30.5 Å². The van der Waals surface area contributed by atoms with E-state index in [1.54, 1.807) is 18.3 Å². The third-order valence-corrected chi connectivity index (χ3v) is 5.95. The monoisotopic (exact) mass is 403 g/mol. The first kappa shape index (κ1) is 20.2. The molecule has 1 aromatic heterocycles. The topological polar surface area (TPSA) is 56.7 Å². The minimum Gasteiger partial charge on any atom is -0.390 e. The molecule has 7 heteroatoms. The number of anilines is 1. The number of pyridine rings is 1. The molecule has 5 nitrogen and oxygen atoms in total. The van der Waals surface area contributed by atoms with Crippen LogP contribution in [-0.2, 0) is 4.79 Å². The Morgan fingerprint density at radius 3 is 2.76 bits per heavy atom. The van der Waals surface area contributed by atoms with Gasteiger partial charge in [0, 0.05) is 55.4 Å². The summed E-state index contributed by atoms with van der Waals surface area (Å²) < 4.78 is 26.8. The van der Waals surface area contributed by atoms with Crippen LogP contribution in [-0.4, -0.2) is 59.6 Å². The van der Waals surface area contributed by atoms with Crippen molar-refractivity contribution in [3.8, 4) is 0 Å². The van der Waals surface area contributed by atoms with Crippen LogP contribution >= 0.6 is 0 Å². The molecule has 2 saturated heterocycles. The van der Waals surface area contributed by atoms with Gasteiger partial charge < -0.3 is 10.0 Å². The summed E-state index contributed by atoms with van der Waals surface area (Å²) in [5.74, 6) is 0.850. The van der Waals surface area contributed by atoms with Gasteiger partial charge in [0.1, 0.15) is 5.78 Å². The van der Waals surface area contributed by atoms with Gasteiger partial charge in [-0.3, -0.25) is 14.7 Å². The number of carbonyl (C=O) groups is 1. The van der Waals surface area contributed by atoms with Gasteiger partial charge in [0.25, 0.3) is 6.43 Å². The number of hydrogen-bond acceptors (Lipinski definition) is 5. The minimum atomic E-state index is -2.56. The molecule has 2 aliphatic rings. The molecule has 4 rings (SSSR count). The number of hydrogen-bond donors (Lipinski definition) is 1. The number of benzene rings is 1. The molecule has 3 heterocycles. The molecule has 1 aromatic carbocycles. The van der Waals surface area contributed by atoms with E-state index in [9.17, 15) is 18.7 Å². The maximum absolute atomic E-state index is 13.4. The zero-order valence-corrected chi connectivity index (χ0v) is 16.6. The summed E-state index contributed by atoms with van der Waals surface area (Å²) >= 11 is 0. The number of carbonyl (C=O) groups excluding carboxylic acids is 1. The number of ketones is 1. The third-order valence-electron chi connectivity index (χ3n) is 5.95. The van der Waals surface area contributed by atoms with E-state index < -0.39 is 6.43 Å². The number of likely N-dealkylation sites (tertiary alicyclic amines) is 1. The number of nitrogens with zero attached hydrogens (tertiary/aromatic N) is 3. The summed E-state index contributed by atoms with van der Waals surface area (Å²) in [6.45, 7) is 5.29. The van der Waals surface area contributed by atoms with Gasteiger partial charge in [-0.25, -0.2) is 8.78 Å². The Balaban J connectivity index is 1.51. The van der Waals surface area contributed by atoms with Crippen molar-refractivity contribution in [1.29, 1.82) is 0 Å². The standard InChI is InChI=1S/C22H27F2N3O2/c1-14-7-15(8-16(28)11-26-12-17(29)13-26)10-27(9-14)20-5-4-19(22(23)24)21-18(20)3-2-6-25-21/h2-6,14-15,17,22,29H,7-13H2,1H3/t14-,15-/m0/s1. The highest BCUT2D eigenvalue weighted by Crippen LogP contribution is 2.36. The van der Waals surface area contributed by atoms with Gasteiger partial charge >= 0.3 is 0 Å². The molecule has 0 spiro atoms. The molecule has 0 saturated carbocycles. The van der Waals surface area contributed by atoms with Crippen molar-refractivity contribution in [3.05, 3.63) is 36.0 Å². The van der Waals surface area contributed by atoms with Crippen LogP contribution in [0, 0.1) is 11.8 Å². The second-order valence-electron chi connectivity index (χ2n) is 8.58. The van der Waals surface area contributed by atoms with E-state index in [0.29, 0.717) is 37.5 Å². The average Bonchev–Trinajstić information content (AvgIpc) is 2.65. The van der Waals surface area contributed by atoms with Crippen molar-refractivity contribution in [2.75, 3.05) is 37.6 Å². The molecule has 156 valence electrons. The molecular formula is C22H27F2N3O2.